The molecule has 0 saturated heterocycles. The van der Waals surface area contributed by atoms with Crippen LogP contribution in [0.2, 0.25) is 0 Å². The number of hydrogen-bond acceptors (Lipinski definition) is 2. The van der Waals surface area contributed by atoms with Crippen LogP contribution in [-0.2, 0) is 0 Å². The van der Waals surface area contributed by atoms with Crippen LogP contribution in [0.5, 0.6) is 0 Å². The summed E-state index contributed by atoms with van der Waals surface area (Å²) in [6.45, 7) is 30.9. The maximum absolute atomic E-state index is 9.58. The topological polar surface area (TPSA) is 46.1 Å². The lowest BCUT2D eigenvalue weighted by Crippen LogP contribution is -2.50. The van der Waals surface area contributed by atoms with Crippen LogP contribution in [0.4, 0.5) is 0 Å². The van der Waals surface area contributed by atoms with Gasteiger partial charge >= 0.3 is 0 Å². The van der Waals surface area contributed by atoms with E-state index < -0.39 is 12.7 Å². The Morgan fingerprint density at radius 1 is 0.385 bits per heavy atom. The minimum atomic E-state index is -0.921. The van der Waals surface area contributed by atoms with Gasteiger partial charge in [0.25, 0.3) is 0 Å². The molecule has 0 bridgehead atoms. The van der Waals surface area contributed by atoms with Crippen molar-refractivity contribution >= 4 is 0 Å². The zero-order valence-corrected chi connectivity index (χ0v) is 29.0. The third-order valence-corrected chi connectivity index (χ3v) is 8.12. The Balaban J connectivity index is -0.000000566. The summed E-state index contributed by atoms with van der Waals surface area (Å²) in [4.78, 5) is 0. The first-order valence-corrected chi connectivity index (χ1v) is 17.7. The molecule has 1 atom stereocenters. The van der Waals surface area contributed by atoms with Crippen LogP contribution in [0.15, 0.2) is 0 Å². The first-order valence-electron chi connectivity index (χ1n) is 17.7. The minimum Gasteiger partial charge on any atom is -0.855 e. The summed E-state index contributed by atoms with van der Waals surface area (Å²) < 4.78 is 2.84. The number of quaternary nitrogens is 2. The van der Waals surface area contributed by atoms with E-state index in [1.165, 1.54) is 171 Å². The van der Waals surface area contributed by atoms with Gasteiger partial charge in [-0.3, -0.25) is 0 Å². The van der Waals surface area contributed by atoms with E-state index >= 15 is 0 Å². The summed E-state index contributed by atoms with van der Waals surface area (Å²) in [6, 6.07) is 0. The van der Waals surface area contributed by atoms with Crippen molar-refractivity contribution in [2.24, 2.45) is 0 Å². The van der Waals surface area contributed by atoms with Crippen molar-refractivity contribution in [1.29, 1.82) is 0 Å². The number of hydrogen-bond donors (Lipinski definition) is 0. The van der Waals surface area contributed by atoms with E-state index in [9.17, 15) is 10.2 Å². The summed E-state index contributed by atoms with van der Waals surface area (Å²) in [5.74, 6) is 0. The van der Waals surface area contributed by atoms with Crippen LogP contribution < -0.4 is 10.2 Å². The second kappa shape index (κ2) is 32.4. The standard InChI is InChI=1S/2C16H36N.C3H6O2/c2*1-5-9-13-17(14-10-6-2,15-11-7-3)16-12-8-4;1-3(5)2-4/h2*5-16H2,1-4H3;3H,2H2,1H3/q2*+1;-2. The molecule has 4 nitrogen and oxygen atoms in total. The minimum absolute atomic E-state index is 0.500. The van der Waals surface area contributed by atoms with E-state index in [1.54, 1.807) is 0 Å². The average molecular weight is 559 g/mol. The molecular formula is C35H78N2O2. The van der Waals surface area contributed by atoms with Gasteiger partial charge in [0.2, 0.25) is 0 Å². The highest BCUT2D eigenvalue weighted by molar-refractivity contribution is 4.50. The van der Waals surface area contributed by atoms with Crippen LogP contribution in [0.25, 0.3) is 0 Å². The molecule has 0 aliphatic heterocycles. The number of nitrogens with zero attached hydrogens (tertiary/aromatic N) is 2. The first kappa shape index (κ1) is 43.3. The summed E-state index contributed by atoms with van der Waals surface area (Å²) in [6.07, 6.45) is 21.2. The molecule has 0 aromatic rings. The monoisotopic (exact) mass is 559 g/mol. The lowest BCUT2D eigenvalue weighted by atomic mass is 10.1. The molecule has 0 heterocycles. The van der Waals surface area contributed by atoms with Crippen molar-refractivity contribution in [2.75, 3.05) is 59.0 Å². The van der Waals surface area contributed by atoms with Crippen molar-refractivity contribution in [3.63, 3.8) is 0 Å². The van der Waals surface area contributed by atoms with E-state index in [0.29, 0.717) is 0 Å². The summed E-state index contributed by atoms with van der Waals surface area (Å²) >= 11 is 0. The van der Waals surface area contributed by atoms with Gasteiger partial charge in [0, 0.05) is 0 Å². The zero-order chi connectivity index (χ0) is 30.3. The van der Waals surface area contributed by atoms with Crippen LogP contribution in [-0.4, -0.2) is 74.0 Å². The summed E-state index contributed by atoms with van der Waals surface area (Å²) in [5.41, 5.74) is 0. The number of unbranched alkanes of at least 4 members (excludes halogenated alkanes) is 8. The molecular weight excluding hydrogens is 480 g/mol. The Bertz CT molecular complexity index is 331. The highest BCUT2D eigenvalue weighted by Crippen LogP contribution is 2.17. The van der Waals surface area contributed by atoms with Gasteiger partial charge < -0.3 is 19.2 Å². The van der Waals surface area contributed by atoms with E-state index in [-0.39, 0.29) is 0 Å². The molecule has 0 aromatic heterocycles. The van der Waals surface area contributed by atoms with E-state index in [2.05, 4.69) is 55.4 Å². The lowest BCUT2D eigenvalue weighted by Gasteiger charge is -2.39. The van der Waals surface area contributed by atoms with Gasteiger partial charge in [0.15, 0.2) is 0 Å². The molecule has 0 amide bonds. The average Bonchev–Trinajstić information content (AvgIpc) is 2.96. The molecule has 1 unspecified atom stereocenters. The Hall–Kier alpha value is -0.160. The molecule has 0 spiro atoms. The maximum atomic E-state index is 9.58. The van der Waals surface area contributed by atoms with Gasteiger partial charge in [0.05, 0.1) is 52.4 Å². The largest absolute Gasteiger partial charge is 0.855 e. The van der Waals surface area contributed by atoms with Gasteiger partial charge in [-0.2, -0.15) is 6.61 Å². The van der Waals surface area contributed by atoms with Crippen molar-refractivity contribution in [3.8, 4) is 0 Å². The third-order valence-electron chi connectivity index (χ3n) is 8.12. The van der Waals surface area contributed by atoms with Crippen LogP contribution >= 0.6 is 0 Å². The van der Waals surface area contributed by atoms with Crippen molar-refractivity contribution in [2.45, 2.75) is 171 Å². The lowest BCUT2D eigenvalue weighted by molar-refractivity contribution is -0.929. The molecule has 0 aliphatic carbocycles. The van der Waals surface area contributed by atoms with Crippen molar-refractivity contribution < 1.29 is 19.2 Å². The van der Waals surface area contributed by atoms with Crippen molar-refractivity contribution in [3.05, 3.63) is 0 Å². The molecule has 0 N–H and O–H groups in total. The molecule has 0 saturated carbocycles. The summed E-state index contributed by atoms with van der Waals surface area (Å²) in [7, 11) is 0. The second-order valence-corrected chi connectivity index (χ2v) is 12.3. The van der Waals surface area contributed by atoms with Crippen LogP contribution in [0.3, 0.4) is 0 Å². The van der Waals surface area contributed by atoms with Crippen molar-refractivity contribution in [1.82, 2.24) is 0 Å². The Labute approximate surface area is 249 Å². The Kier molecular flexibility index (Phi) is 35.9. The Morgan fingerprint density at radius 3 is 0.590 bits per heavy atom. The van der Waals surface area contributed by atoms with E-state index in [4.69, 9.17) is 0 Å². The first-order chi connectivity index (χ1) is 18.8. The molecule has 4 heteroatoms. The molecule has 240 valence electrons. The zero-order valence-electron chi connectivity index (χ0n) is 29.0. The molecule has 0 radical (unpaired) electrons. The van der Waals surface area contributed by atoms with Gasteiger partial charge in [-0.05, 0) is 51.4 Å². The highest BCUT2D eigenvalue weighted by Gasteiger charge is 2.25. The normalized spacial score (nSPS) is 12.4. The fraction of sp³-hybridized carbons (Fsp3) is 1.00. The second-order valence-electron chi connectivity index (χ2n) is 12.3. The highest BCUT2D eigenvalue weighted by atomic mass is 16.3. The number of rotatable bonds is 25. The molecule has 0 aromatic carbocycles. The van der Waals surface area contributed by atoms with Gasteiger partial charge in [-0.25, -0.2) is 0 Å². The van der Waals surface area contributed by atoms with Gasteiger partial charge in [-0.15, -0.1) is 6.10 Å². The fourth-order valence-corrected chi connectivity index (χ4v) is 5.29. The molecule has 0 rings (SSSR count). The smallest absolute Gasteiger partial charge is 0.0786 e. The van der Waals surface area contributed by atoms with E-state index in [1.807, 2.05) is 0 Å². The van der Waals surface area contributed by atoms with Crippen LogP contribution in [0, 0.1) is 0 Å². The van der Waals surface area contributed by atoms with Gasteiger partial charge in [0.1, 0.15) is 0 Å². The van der Waals surface area contributed by atoms with E-state index in [0.717, 1.165) is 0 Å². The Morgan fingerprint density at radius 2 is 0.513 bits per heavy atom. The SMILES string of the molecule is CC([O-])C[O-].CCCC[N+](CCCC)(CCCC)CCCC.CCCC[N+](CCCC)(CCCC)CCCC. The molecule has 39 heavy (non-hydrogen) atoms. The maximum Gasteiger partial charge on any atom is 0.0786 e. The quantitative estimate of drug-likeness (QED) is 0.106. The third kappa shape index (κ3) is 27.8. The summed E-state index contributed by atoms with van der Waals surface area (Å²) in [5, 5.41) is 18.9. The molecule has 0 fully saturated rings. The van der Waals surface area contributed by atoms with Gasteiger partial charge in [-0.1, -0.05) is 114 Å². The fourth-order valence-electron chi connectivity index (χ4n) is 5.29. The predicted molar refractivity (Wildman–Crippen MR) is 173 cm³/mol. The van der Waals surface area contributed by atoms with Crippen LogP contribution in [0.1, 0.15) is 165 Å². The molecule has 0 aliphatic rings. The predicted octanol–water partition coefficient (Wildman–Crippen LogP) is 8.10.